The number of nitrogens with zero attached hydrogens (tertiary/aromatic N) is 2. The monoisotopic (exact) mass is 213 g/mol. The fraction of sp³-hybridized carbons (Fsp3) is 0.909. The number of carbonyl (C=O) groups excluding carboxylic acids is 1. The Bertz CT molecular complexity index is 216. The lowest BCUT2D eigenvalue weighted by Gasteiger charge is -2.36. The summed E-state index contributed by atoms with van der Waals surface area (Å²) in [6.07, 6.45) is 2.77. The second-order valence-electron chi connectivity index (χ2n) is 4.78. The van der Waals surface area contributed by atoms with Crippen molar-refractivity contribution in [1.29, 1.82) is 0 Å². The Morgan fingerprint density at radius 3 is 2.80 bits per heavy atom. The van der Waals surface area contributed by atoms with Gasteiger partial charge < -0.3 is 15.5 Å². The summed E-state index contributed by atoms with van der Waals surface area (Å²) >= 11 is 0. The minimum absolute atomic E-state index is 0.0303. The van der Waals surface area contributed by atoms with Crippen LogP contribution in [0.15, 0.2) is 0 Å². The SMILES string of the molecule is CC(N)CC(=O)N1CCCC(N(C)C)C1. The maximum Gasteiger partial charge on any atom is 0.224 e. The molecular formula is C11H23N3O. The summed E-state index contributed by atoms with van der Waals surface area (Å²) in [5.41, 5.74) is 5.64. The first-order chi connectivity index (χ1) is 7.00. The van der Waals surface area contributed by atoms with Crippen LogP contribution in [0, 0.1) is 0 Å². The van der Waals surface area contributed by atoms with Gasteiger partial charge in [-0.1, -0.05) is 0 Å². The number of rotatable bonds is 3. The number of carbonyl (C=O) groups is 1. The summed E-state index contributed by atoms with van der Waals surface area (Å²) in [5, 5.41) is 0. The number of hydrogen-bond donors (Lipinski definition) is 1. The van der Waals surface area contributed by atoms with Gasteiger partial charge in [0.25, 0.3) is 0 Å². The lowest BCUT2D eigenvalue weighted by Crippen LogP contribution is -2.48. The molecule has 0 bridgehead atoms. The predicted octanol–water partition coefficient (Wildman–Crippen LogP) is 0.276. The maximum atomic E-state index is 11.8. The van der Waals surface area contributed by atoms with Crippen LogP contribution in [0.1, 0.15) is 26.2 Å². The van der Waals surface area contributed by atoms with E-state index in [1.807, 2.05) is 11.8 Å². The highest BCUT2D eigenvalue weighted by atomic mass is 16.2. The molecule has 2 atom stereocenters. The fourth-order valence-corrected chi connectivity index (χ4v) is 2.01. The van der Waals surface area contributed by atoms with Gasteiger partial charge in [-0.15, -0.1) is 0 Å². The van der Waals surface area contributed by atoms with E-state index in [0.29, 0.717) is 12.5 Å². The number of likely N-dealkylation sites (tertiary alicyclic amines) is 1. The lowest BCUT2D eigenvalue weighted by atomic mass is 10.0. The van der Waals surface area contributed by atoms with Crippen molar-refractivity contribution >= 4 is 5.91 Å². The third kappa shape index (κ3) is 3.80. The molecule has 1 heterocycles. The van der Waals surface area contributed by atoms with E-state index in [2.05, 4.69) is 19.0 Å². The minimum Gasteiger partial charge on any atom is -0.341 e. The van der Waals surface area contributed by atoms with E-state index in [1.165, 1.54) is 6.42 Å². The zero-order chi connectivity index (χ0) is 11.4. The van der Waals surface area contributed by atoms with Crippen molar-refractivity contribution in [3.63, 3.8) is 0 Å². The average Bonchev–Trinajstić information content (AvgIpc) is 2.17. The molecule has 0 spiro atoms. The molecule has 1 aliphatic heterocycles. The quantitative estimate of drug-likeness (QED) is 0.732. The molecule has 1 saturated heterocycles. The topological polar surface area (TPSA) is 49.6 Å². The van der Waals surface area contributed by atoms with Gasteiger partial charge in [0.15, 0.2) is 0 Å². The van der Waals surface area contributed by atoms with E-state index in [0.717, 1.165) is 19.5 Å². The van der Waals surface area contributed by atoms with Crippen LogP contribution in [0.2, 0.25) is 0 Å². The molecule has 1 amide bonds. The largest absolute Gasteiger partial charge is 0.341 e. The molecule has 88 valence electrons. The van der Waals surface area contributed by atoms with Gasteiger partial charge in [0, 0.05) is 31.6 Å². The average molecular weight is 213 g/mol. The first kappa shape index (κ1) is 12.5. The highest BCUT2D eigenvalue weighted by Gasteiger charge is 2.24. The molecule has 4 heteroatoms. The van der Waals surface area contributed by atoms with Crippen LogP contribution in [0.5, 0.6) is 0 Å². The molecule has 1 fully saturated rings. The molecule has 4 nitrogen and oxygen atoms in total. The molecule has 15 heavy (non-hydrogen) atoms. The number of amides is 1. The normalized spacial score (nSPS) is 24.3. The van der Waals surface area contributed by atoms with Gasteiger partial charge in [0.1, 0.15) is 0 Å². The standard InChI is InChI=1S/C11H23N3O/c1-9(12)7-11(15)14-6-4-5-10(8-14)13(2)3/h9-10H,4-8,12H2,1-3H3. The predicted molar refractivity (Wildman–Crippen MR) is 61.6 cm³/mol. The van der Waals surface area contributed by atoms with Crippen LogP contribution in [0.4, 0.5) is 0 Å². The van der Waals surface area contributed by atoms with E-state index < -0.39 is 0 Å². The first-order valence-corrected chi connectivity index (χ1v) is 5.70. The molecule has 0 aromatic carbocycles. The van der Waals surface area contributed by atoms with E-state index in [4.69, 9.17) is 5.73 Å². The molecule has 0 saturated carbocycles. The van der Waals surface area contributed by atoms with Gasteiger partial charge in [-0.05, 0) is 33.9 Å². The van der Waals surface area contributed by atoms with Crippen LogP contribution in [-0.2, 0) is 4.79 Å². The van der Waals surface area contributed by atoms with Crippen molar-refractivity contribution in [2.45, 2.75) is 38.3 Å². The summed E-state index contributed by atoms with van der Waals surface area (Å²) < 4.78 is 0. The fourth-order valence-electron chi connectivity index (χ4n) is 2.01. The van der Waals surface area contributed by atoms with Crippen molar-refractivity contribution < 1.29 is 4.79 Å². The van der Waals surface area contributed by atoms with E-state index in [9.17, 15) is 4.79 Å². The van der Waals surface area contributed by atoms with Crippen LogP contribution in [0.3, 0.4) is 0 Å². The van der Waals surface area contributed by atoms with Gasteiger partial charge in [-0.2, -0.15) is 0 Å². The number of piperidine rings is 1. The Morgan fingerprint density at radius 2 is 2.27 bits per heavy atom. The Kier molecular flexibility index (Phi) is 4.54. The molecule has 1 aliphatic rings. The van der Waals surface area contributed by atoms with Gasteiger partial charge in [-0.3, -0.25) is 4.79 Å². The molecule has 0 aliphatic carbocycles. The third-order valence-electron chi connectivity index (χ3n) is 2.98. The summed E-state index contributed by atoms with van der Waals surface area (Å²) in [7, 11) is 4.15. The second-order valence-corrected chi connectivity index (χ2v) is 4.78. The van der Waals surface area contributed by atoms with Crippen LogP contribution >= 0.6 is 0 Å². The zero-order valence-corrected chi connectivity index (χ0v) is 10.1. The summed E-state index contributed by atoms with van der Waals surface area (Å²) in [4.78, 5) is 16.0. The van der Waals surface area contributed by atoms with E-state index in [1.54, 1.807) is 0 Å². The van der Waals surface area contributed by atoms with Crippen LogP contribution < -0.4 is 5.73 Å². The second kappa shape index (κ2) is 5.47. The van der Waals surface area contributed by atoms with Crippen molar-refractivity contribution in [3.05, 3.63) is 0 Å². The number of nitrogens with two attached hydrogens (primary N) is 1. The molecule has 0 radical (unpaired) electrons. The third-order valence-corrected chi connectivity index (χ3v) is 2.98. The number of likely N-dealkylation sites (N-methyl/N-ethyl adjacent to an activating group) is 1. The summed E-state index contributed by atoms with van der Waals surface area (Å²) in [5.74, 6) is 0.205. The number of hydrogen-bond acceptors (Lipinski definition) is 3. The molecule has 0 aromatic heterocycles. The lowest BCUT2D eigenvalue weighted by molar-refractivity contribution is -0.133. The highest BCUT2D eigenvalue weighted by Crippen LogP contribution is 2.14. The Hall–Kier alpha value is -0.610. The minimum atomic E-state index is -0.0303. The van der Waals surface area contributed by atoms with Crippen molar-refractivity contribution in [2.75, 3.05) is 27.2 Å². The molecule has 0 aromatic rings. The van der Waals surface area contributed by atoms with Crippen molar-refractivity contribution in [2.24, 2.45) is 5.73 Å². The molecule has 1 rings (SSSR count). The van der Waals surface area contributed by atoms with E-state index >= 15 is 0 Å². The Labute approximate surface area is 92.4 Å². The van der Waals surface area contributed by atoms with Crippen LogP contribution in [0.25, 0.3) is 0 Å². The summed E-state index contributed by atoms with van der Waals surface area (Å²) in [6, 6.07) is 0.480. The Balaban J connectivity index is 2.45. The Morgan fingerprint density at radius 1 is 1.60 bits per heavy atom. The van der Waals surface area contributed by atoms with Gasteiger partial charge >= 0.3 is 0 Å². The van der Waals surface area contributed by atoms with Crippen LogP contribution in [-0.4, -0.2) is 55.0 Å². The summed E-state index contributed by atoms with van der Waals surface area (Å²) in [6.45, 7) is 3.64. The van der Waals surface area contributed by atoms with Gasteiger partial charge in [0.2, 0.25) is 5.91 Å². The molecule has 2 N–H and O–H groups in total. The zero-order valence-electron chi connectivity index (χ0n) is 10.1. The van der Waals surface area contributed by atoms with Gasteiger partial charge in [-0.25, -0.2) is 0 Å². The molecule has 2 unspecified atom stereocenters. The van der Waals surface area contributed by atoms with Crippen molar-refractivity contribution in [1.82, 2.24) is 9.80 Å². The van der Waals surface area contributed by atoms with E-state index in [-0.39, 0.29) is 11.9 Å². The first-order valence-electron chi connectivity index (χ1n) is 5.70. The van der Waals surface area contributed by atoms with Gasteiger partial charge in [0.05, 0.1) is 0 Å². The highest BCUT2D eigenvalue weighted by molar-refractivity contribution is 5.76. The smallest absolute Gasteiger partial charge is 0.224 e. The molecular weight excluding hydrogens is 190 g/mol. The maximum absolute atomic E-state index is 11.8. The van der Waals surface area contributed by atoms with Crippen molar-refractivity contribution in [3.8, 4) is 0 Å².